The van der Waals surface area contributed by atoms with Gasteiger partial charge in [0.25, 0.3) is 0 Å². The molecule has 1 aliphatic rings. The summed E-state index contributed by atoms with van der Waals surface area (Å²) in [5, 5.41) is 8.80. The molecule has 1 fully saturated rings. The molecule has 1 amide bonds. The van der Waals surface area contributed by atoms with Crippen molar-refractivity contribution in [1.29, 1.82) is 5.26 Å². The molecule has 2 aromatic rings. The van der Waals surface area contributed by atoms with E-state index in [1.54, 1.807) is 4.90 Å². The van der Waals surface area contributed by atoms with E-state index in [0.717, 1.165) is 16.8 Å². The molecule has 7 heteroatoms. The monoisotopic (exact) mass is 369 g/mol. The molecule has 134 valence electrons. The summed E-state index contributed by atoms with van der Waals surface area (Å²) in [6.07, 6.45) is 0.404. The number of sulfonamides is 1. The molecule has 1 saturated heterocycles. The predicted octanol–water partition coefficient (Wildman–Crippen LogP) is 2.26. The molecule has 26 heavy (non-hydrogen) atoms. The van der Waals surface area contributed by atoms with Crippen LogP contribution in [-0.4, -0.2) is 26.9 Å². The highest BCUT2D eigenvalue weighted by Gasteiger charge is 2.35. The highest BCUT2D eigenvalue weighted by atomic mass is 32.2. The summed E-state index contributed by atoms with van der Waals surface area (Å²) in [7, 11) is -3.83. The molecule has 2 aromatic carbocycles. The van der Waals surface area contributed by atoms with Gasteiger partial charge in [0.2, 0.25) is 15.9 Å². The minimum atomic E-state index is -3.83. The lowest BCUT2D eigenvalue weighted by molar-refractivity contribution is -0.118. The van der Waals surface area contributed by atoms with E-state index in [0.29, 0.717) is 18.5 Å². The van der Waals surface area contributed by atoms with Crippen LogP contribution in [0.4, 0.5) is 5.69 Å². The van der Waals surface area contributed by atoms with Crippen LogP contribution in [-0.2, 0) is 14.8 Å². The number of hydrogen-bond acceptors (Lipinski definition) is 4. The lowest BCUT2D eigenvalue weighted by Gasteiger charge is -2.18. The van der Waals surface area contributed by atoms with E-state index in [-0.39, 0.29) is 10.8 Å². The van der Waals surface area contributed by atoms with E-state index in [4.69, 9.17) is 5.26 Å². The Balaban J connectivity index is 1.77. The SMILES string of the molecule is Cc1ccc(N2CCC(NS(=O)(=O)c3ccc(C#N)cc3)C2=O)cc1C. The summed E-state index contributed by atoms with van der Waals surface area (Å²) in [5.41, 5.74) is 3.37. The van der Waals surface area contributed by atoms with Crippen molar-refractivity contribution in [2.45, 2.75) is 31.2 Å². The van der Waals surface area contributed by atoms with Gasteiger partial charge in [-0.1, -0.05) is 6.07 Å². The molecular weight excluding hydrogens is 350 g/mol. The van der Waals surface area contributed by atoms with Gasteiger partial charge in [0, 0.05) is 12.2 Å². The zero-order chi connectivity index (χ0) is 18.9. The first-order chi connectivity index (χ1) is 12.3. The third-order valence-electron chi connectivity index (χ3n) is 4.60. The second-order valence-electron chi connectivity index (χ2n) is 6.36. The summed E-state index contributed by atoms with van der Waals surface area (Å²) in [6.45, 7) is 4.44. The average molecular weight is 369 g/mol. The van der Waals surface area contributed by atoms with Crippen LogP contribution in [0.2, 0.25) is 0 Å². The lowest BCUT2D eigenvalue weighted by atomic mass is 10.1. The quantitative estimate of drug-likeness (QED) is 0.895. The maximum absolute atomic E-state index is 12.7. The molecule has 6 nitrogen and oxygen atoms in total. The minimum Gasteiger partial charge on any atom is -0.311 e. The van der Waals surface area contributed by atoms with Crippen molar-refractivity contribution in [3.05, 3.63) is 59.2 Å². The number of nitriles is 1. The topological polar surface area (TPSA) is 90.3 Å². The van der Waals surface area contributed by atoms with Crippen LogP contribution >= 0.6 is 0 Å². The number of rotatable bonds is 4. The van der Waals surface area contributed by atoms with E-state index in [1.165, 1.54) is 24.3 Å². The Morgan fingerprint density at radius 2 is 1.81 bits per heavy atom. The maximum atomic E-state index is 12.7. The first-order valence-corrected chi connectivity index (χ1v) is 9.71. The molecule has 0 saturated carbocycles. The van der Waals surface area contributed by atoms with Crippen LogP contribution in [0.1, 0.15) is 23.1 Å². The minimum absolute atomic E-state index is 0.0360. The van der Waals surface area contributed by atoms with Gasteiger partial charge in [-0.25, -0.2) is 8.42 Å². The zero-order valence-corrected chi connectivity index (χ0v) is 15.4. The van der Waals surface area contributed by atoms with Gasteiger partial charge in [-0.15, -0.1) is 0 Å². The Morgan fingerprint density at radius 3 is 2.42 bits per heavy atom. The number of benzene rings is 2. The molecule has 3 rings (SSSR count). The number of hydrogen-bond donors (Lipinski definition) is 1. The fourth-order valence-electron chi connectivity index (χ4n) is 2.90. The lowest BCUT2D eigenvalue weighted by Crippen LogP contribution is -2.41. The smallest absolute Gasteiger partial charge is 0.245 e. The van der Waals surface area contributed by atoms with Crippen LogP contribution in [0, 0.1) is 25.2 Å². The highest BCUT2D eigenvalue weighted by Crippen LogP contribution is 2.25. The summed E-state index contributed by atoms with van der Waals surface area (Å²) < 4.78 is 27.5. The molecule has 1 heterocycles. The van der Waals surface area contributed by atoms with Crippen LogP contribution in [0.5, 0.6) is 0 Å². The van der Waals surface area contributed by atoms with Crippen molar-refractivity contribution in [2.24, 2.45) is 0 Å². The molecule has 0 bridgehead atoms. The van der Waals surface area contributed by atoms with Crippen molar-refractivity contribution >= 4 is 21.6 Å². The van der Waals surface area contributed by atoms with Crippen molar-refractivity contribution in [3.63, 3.8) is 0 Å². The molecule has 1 atom stereocenters. The average Bonchev–Trinajstić information content (AvgIpc) is 2.97. The van der Waals surface area contributed by atoms with Crippen LogP contribution < -0.4 is 9.62 Å². The molecule has 0 aromatic heterocycles. The second-order valence-corrected chi connectivity index (χ2v) is 8.07. The molecule has 0 radical (unpaired) electrons. The highest BCUT2D eigenvalue weighted by molar-refractivity contribution is 7.89. The van der Waals surface area contributed by atoms with Gasteiger partial charge < -0.3 is 4.90 Å². The van der Waals surface area contributed by atoms with Crippen LogP contribution in [0.15, 0.2) is 47.4 Å². The van der Waals surface area contributed by atoms with E-state index < -0.39 is 16.1 Å². The number of carbonyl (C=O) groups is 1. The van der Waals surface area contributed by atoms with Crippen molar-refractivity contribution in [1.82, 2.24) is 4.72 Å². The molecule has 1 unspecified atom stereocenters. The van der Waals surface area contributed by atoms with E-state index in [9.17, 15) is 13.2 Å². The van der Waals surface area contributed by atoms with Gasteiger partial charge in [-0.05, 0) is 67.8 Å². The Labute approximate surface area is 153 Å². The van der Waals surface area contributed by atoms with Gasteiger partial charge in [0.15, 0.2) is 0 Å². The zero-order valence-electron chi connectivity index (χ0n) is 14.6. The number of nitrogens with one attached hydrogen (secondary N) is 1. The van der Waals surface area contributed by atoms with Gasteiger partial charge in [0.1, 0.15) is 6.04 Å². The first kappa shape index (κ1) is 18.1. The second kappa shape index (κ2) is 6.90. The number of anilines is 1. The molecule has 1 aliphatic heterocycles. The van der Waals surface area contributed by atoms with Gasteiger partial charge >= 0.3 is 0 Å². The number of aryl methyl sites for hydroxylation is 2. The third-order valence-corrected chi connectivity index (χ3v) is 6.09. The standard InChI is InChI=1S/C19H19N3O3S/c1-13-3-6-16(11-14(13)2)22-10-9-18(19(22)23)21-26(24,25)17-7-4-15(12-20)5-8-17/h3-8,11,18,21H,9-10H2,1-2H3. The third kappa shape index (κ3) is 3.47. The van der Waals surface area contributed by atoms with E-state index in [1.807, 2.05) is 38.1 Å². The van der Waals surface area contributed by atoms with Gasteiger partial charge in [-0.2, -0.15) is 9.98 Å². The summed E-state index contributed by atoms with van der Waals surface area (Å²) in [4.78, 5) is 14.3. The Bertz CT molecular complexity index is 992. The maximum Gasteiger partial charge on any atom is 0.245 e. The molecule has 1 N–H and O–H groups in total. The number of nitrogens with zero attached hydrogens (tertiary/aromatic N) is 2. The Kier molecular flexibility index (Phi) is 4.81. The van der Waals surface area contributed by atoms with E-state index in [2.05, 4.69) is 4.72 Å². The number of amides is 1. The van der Waals surface area contributed by atoms with Gasteiger partial charge in [0.05, 0.1) is 16.5 Å². The molecule has 0 spiro atoms. The van der Waals surface area contributed by atoms with Crippen LogP contribution in [0.3, 0.4) is 0 Å². The summed E-state index contributed by atoms with van der Waals surface area (Å²) in [6, 6.07) is 12.5. The fourth-order valence-corrected chi connectivity index (χ4v) is 4.13. The summed E-state index contributed by atoms with van der Waals surface area (Å²) >= 11 is 0. The normalized spacial score (nSPS) is 17.3. The summed E-state index contributed by atoms with van der Waals surface area (Å²) in [5.74, 6) is -0.259. The van der Waals surface area contributed by atoms with Crippen molar-refractivity contribution in [3.8, 4) is 6.07 Å². The molecular formula is C19H19N3O3S. The largest absolute Gasteiger partial charge is 0.311 e. The van der Waals surface area contributed by atoms with Gasteiger partial charge in [-0.3, -0.25) is 4.79 Å². The van der Waals surface area contributed by atoms with Crippen molar-refractivity contribution < 1.29 is 13.2 Å². The number of carbonyl (C=O) groups excluding carboxylic acids is 1. The van der Waals surface area contributed by atoms with E-state index >= 15 is 0 Å². The van der Waals surface area contributed by atoms with Crippen LogP contribution in [0.25, 0.3) is 0 Å². The molecule has 0 aliphatic carbocycles. The first-order valence-electron chi connectivity index (χ1n) is 8.23. The Hall–Kier alpha value is -2.69. The Morgan fingerprint density at radius 1 is 1.12 bits per heavy atom. The fraction of sp³-hybridized carbons (Fsp3) is 0.263. The predicted molar refractivity (Wildman–Crippen MR) is 98.2 cm³/mol. The van der Waals surface area contributed by atoms with Crippen molar-refractivity contribution in [2.75, 3.05) is 11.4 Å².